The second-order valence-electron chi connectivity index (χ2n) is 9.89. The van der Waals surface area contributed by atoms with E-state index in [0.717, 1.165) is 22.5 Å². The fourth-order valence-electron chi connectivity index (χ4n) is 5.08. The molecule has 0 aliphatic heterocycles. The van der Waals surface area contributed by atoms with Gasteiger partial charge in [-0.1, -0.05) is 42.5 Å². The van der Waals surface area contributed by atoms with Crippen LogP contribution in [-0.4, -0.2) is 30.1 Å². The molecule has 0 aliphatic carbocycles. The number of benzene rings is 2. The van der Waals surface area contributed by atoms with Gasteiger partial charge in [0.25, 0.3) is 11.5 Å². The molecule has 1 amide bonds. The van der Waals surface area contributed by atoms with Crippen LogP contribution in [0.4, 0.5) is 5.82 Å². The number of pyridine rings is 1. The number of nitrogens with one attached hydrogen (secondary N) is 2. The van der Waals surface area contributed by atoms with Crippen LogP contribution in [-0.2, 0) is 7.05 Å². The van der Waals surface area contributed by atoms with Gasteiger partial charge in [-0.2, -0.15) is 0 Å². The summed E-state index contributed by atoms with van der Waals surface area (Å²) in [6.45, 7) is 3.79. The fourth-order valence-corrected chi connectivity index (χ4v) is 5.08. The van der Waals surface area contributed by atoms with E-state index in [9.17, 15) is 9.59 Å². The van der Waals surface area contributed by atoms with Crippen LogP contribution < -0.4 is 21.1 Å². The van der Waals surface area contributed by atoms with E-state index in [1.165, 1.54) is 0 Å². The summed E-state index contributed by atoms with van der Waals surface area (Å²) in [6, 6.07) is 18.3. The van der Waals surface area contributed by atoms with Gasteiger partial charge in [-0.25, -0.2) is 10.1 Å². The Morgan fingerprint density at radius 3 is 2.66 bits per heavy atom. The number of hydrogen-bond donors (Lipinski definition) is 3. The zero-order chi connectivity index (χ0) is 28.7. The van der Waals surface area contributed by atoms with Gasteiger partial charge < -0.3 is 15.6 Å². The zero-order valence-electron chi connectivity index (χ0n) is 22.9. The van der Waals surface area contributed by atoms with Gasteiger partial charge in [0.05, 0.1) is 23.3 Å². The lowest BCUT2D eigenvalue weighted by Gasteiger charge is -2.21. The van der Waals surface area contributed by atoms with E-state index in [2.05, 4.69) is 20.4 Å². The average Bonchev–Trinajstić information content (AvgIpc) is 3.49. The van der Waals surface area contributed by atoms with Crippen LogP contribution in [0.5, 0.6) is 0 Å². The molecule has 4 aromatic heterocycles. The summed E-state index contributed by atoms with van der Waals surface area (Å²) < 4.78 is 5.23. The van der Waals surface area contributed by atoms with Crippen LogP contribution >= 0.6 is 0 Å². The summed E-state index contributed by atoms with van der Waals surface area (Å²) in [6.07, 6.45) is 9.02. The number of imidazole rings is 1. The molecule has 0 saturated carbocycles. The minimum Gasteiger partial charge on any atom is -0.382 e. The summed E-state index contributed by atoms with van der Waals surface area (Å²) >= 11 is 0. The number of H-pyrrole nitrogens is 1. The summed E-state index contributed by atoms with van der Waals surface area (Å²) in [5.74, 6) is 0.702. The van der Waals surface area contributed by atoms with Crippen molar-refractivity contribution in [2.24, 2.45) is 7.05 Å². The number of nitrogen functional groups attached to an aromatic ring is 1. The molecule has 0 fully saturated rings. The van der Waals surface area contributed by atoms with Crippen LogP contribution in [0.25, 0.3) is 34.3 Å². The second kappa shape index (κ2) is 10.2. The number of carbonyl (C=O) groups is 1. The van der Waals surface area contributed by atoms with Crippen molar-refractivity contribution in [2.75, 3.05) is 5.73 Å². The average molecular weight is 546 g/mol. The molecule has 10 heteroatoms. The Kier molecular flexibility index (Phi) is 6.43. The Morgan fingerprint density at radius 2 is 1.90 bits per heavy atom. The van der Waals surface area contributed by atoms with Crippen molar-refractivity contribution in [1.82, 2.24) is 29.5 Å². The molecule has 0 spiro atoms. The van der Waals surface area contributed by atoms with E-state index in [1.54, 1.807) is 33.7 Å². The highest BCUT2D eigenvalue weighted by Gasteiger charge is 2.27. The first-order valence-electron chi connectivity index (χ1n) is 13.2. The van der Waals surface area contributed by atoms with Gasteiger partial charge in [-0.05, 0) is 54.1 Å². The molecule has 0 bridgehead atoms. The van der Waals surface area contributed by atoms with Crippen molar-refractivity contribution >= 4 is 40.3 Å². The van der Waals surface area contributed by atoms with Gasteiger partial charge in [0.15, 0.2) is 11.4 Å². The molecule has 1 unspecified atom stereocenters. The molecule has 41 heavy (non-hydrogen) atoms. The molecule has 4 heterocycles. The first-order valence-corrected chi connectivity index (χ1v) is 13.2. The van der Waals surface area contributed by atoms with Gasteiger partial charge in [0.1, 0.15) is 18.2 Å². The van der Waals surface area contributed by atoms with Gasteiger partial charge in [0.2, 0.25) is 0 Å². The molecule has 204 valence electrons. The van der Waals surface area contributed by atoms with Crippen LogP contribution in [0, 0.1) is 6.92 Å². The van der Waals surface area contributed by atoms with Crippen molar-refractivity contribution in [3.8, 4) is 5.69 Å². The smallest absolute Gasteiger partial charge is 0.362 e. The van der Waals surface area contributed by atoms with Gasteiger partial charge >= 0.3 is 5.65 Å². The first-order chi connectivity index (χ1) is 19.8. The largest absolute Gasteiger partial charge is 0.382 e. The summed E-state index contributed by atoms with van der Waals surface area (Å²) in [5, 5.41) is 7.31. The molecule has 4 N–H and O–H groups in total. The molecule has 1 atom stereocenters. The number of aryl methyl sites for hydroxylation is 1. The number of hydrogen-bond acceptors (Lipinski definition) is 5. The fraction of sp³-hybridized carbons (Fsp3) is 0.129. The Morgan fingerprint density at radius 1 is 1.10 bits per heavy atom. The quantitative estimate of drug-likeness (QED) is 0.275. The predicted octanol–water partition coefficient (Wildman–Crippen LogP) is 3.74. The van der Waals surface area contributed by atoms with E-state index < -0.39 is 11.9 Å². The minimum atomic E-state index is -0.547. The molecule has 0 radical (unpaired) electrons. The van der Waals surface area contributed by atoms with E-state index in [-0.39, 0.29) is 16.9 Å². The number of para-hydroxylation sites is 1. The van der Waals surface area contributed by atoms with Crippen LogP contribution in [0.15, 0.2) is 84.0 Å². The SMILES string of the molecule is Cc1ncc(C=Cc2cccc3cc(C(C)NC(=O)c4c(N)[nH][n+]5cccnc45)n(-c4ccccc4)c(=O)c23)n1C. The molecule has 0 aliphatic rings. The van der Waals surface area contributed by atoms with Crippen molar-refractivity contribution in [3.05, 3.63) is 118 Å². The minimum absolute atomic E-state index is 0.185. The molecule has 0 saturated heterocycles. The summed E-state index contributed by atoms with van der Waals surface area (Å²) in [5.41, 5.74) is 9.65. The highest BCUT2D eigenvalue weighted by atomic mass is 16.2. The van der Waals surface area contributed by atoms with E-state index in [0.29, 0.717) is 22.4 Å². The van der Waals surface area contributed by atoms with E-state index in [1.807, 2.05) is 92.2 Å². The molecule has 6 rings (SSSR count). The number of fused-ring (bicyclic) bond motifs is 2. The number of anilines is 1. The number of carbonyl (C=O) groups excluding carboxylic acids is 1. The van der Waals surface area contributed by atoms with E-state index >= 15 is 0 Å². The third kappa shape index (κ3) is 4.55. The lowest BCUT2D eigenvalue weighted by molar-refractivity contribution is -0.577. The van der Waals surface area contributed by atoms with E-state index in [4.69, 9.17) is 5.73 Å². The lowest BCUT2D eigenvalue weighted by Crippen LogP contribution is -2.33. The monoisotopic (exact) mass is 545 g/mol. The Balaban J connectivity index is 1.47. The highest BCUT2D eigenvalue weighted by molar-refractivity contribution is 6.03. The maximum atomic E-state index is 14.3. The highest BCUT2D eigenvalue weighted by Crippen LogP contribution is 2.25. The molecular weight excluding hydrogens is 516 g/mol. The third-order valence-electron chi connectivity index (χ3n) is 7.31. The van der Waals surface area contributed by atoms with Crippen molar-refractivity contribution < 1.29 is 9.31 Å². The normalized spacial score (nSPS) is 12.4. The van der Waals surface area contributed by atoms with Gasteiger partial charge in [0, 0.05) is 24.5 Å². The predicted molar refractivity (Wildman–Crippen MR) is 158 cm³/mol. The lowest BCUT2D eigenvalue weighted by atomic mass is 10.0. The van der Waals surface area contributed by atoms with Gasteiger partial charge in [-0.3, -0.25) is 14.2 Å². The Hall–Kier alpha value is -5.51. The molecule has 10 nitrogen and oxygen atoms in total. The Labute approximate surface area is 235 Å². The number of nitrogens with two attached hydrogens (primary N) is 1. The number of amides is 1. The van der Waals surface area contributed by atoms with Crippen molar-refractivity contribution in [3.63, 3.8) is 0 Å². The number of aromatic nitrogens is 6. The van der Waals surface area contributed by atoms with Gasteiger partial charge in [-0.15, -0.1) is 4.52 Å². The van der Waals surface area contributed by atoms with Crippen LogP contribution in [0.2, 0.25) is 0 Å². The standard InChI is InChI=1S/C31H28N8O2/c1-19(35-30(40)27-28(32)36-38-16-8-15-33-29(27)38)25-17-22-10-7-9-21(13-14-24-18-34-20(2)37(24)3)26(22)31(41)39(25)23-11-5-4-6-12-23/h4-19H,1-3H3,(H3,32,35,36,40)/p+1. The topological polar surface area (TPSA) is 128 Å². The molecule has 6 aromatic rings. The van der Waals surface area contributed by atoms with Crippen molar-refractivity contribution in [1.29, 1.82) is 0 Å². The van der Waals surface area contributed by atoms with Crippen molar-refractivity contribution in [2.45, 2.75) is 19.9 Å². The number of rotatable bonds is 6. The summed E-state index contributed by atoms with van der Waals surface area (Å²) in [7, 11) is 1.95. The Bertz CT molecular complexity index is 2020. The number of nitrogens with zero attached hydrogens (tertiary/aromatic N) is 5. The maximum Gasteiger partial charge on any atom is 0.362 e. The van der Waals surface area contributed by atoms with Crippen LogP contribution in [0.1, 0.15) is 46.1 Å². The first kappa shape index (κ1) is 25.8. The molecule has 2 aromatic carbocycles. The number of aromatic amines is 1. The van der Waals surface area contributed by atoms with Crippen LogP contribution in [0.3, 0.4) is 0 Å². The maximum absolute atomic E-state index is 14.3. The third-order valence-corrected chi connectivity index (χ3v) is 7.31. The second-order valence-corrected chi connectivity index (χ2v) is 9.89. The summed E-state index contributed by atoms with van der Waals surface area (Å²) in [4.78, 5) is 36.4. The molecular formula is C31H29N8O2+. The zero-order valence-corrected chi connectivity index (χ0v) is 22.9.